The molecule has 0 aliphatic heterocycles. The monoisotopic (exact) mass is 668 g/mol. The van der Waals surface area contributed by atoms with Crippen molar-refractivity contribution in [2.75, 3.05) is 4.90 Å². The Bertz CT molecular complexity index is 3120. The zero-order valence-electron chi connectivity index (χ0n) is 27.8. The number of oxazole rings is 1. The summed E-state index contributed by atoms with van der Waals surface area (Å²) in [7, 11) is 0. The molecule has 11 aromatic rings. The second-order valence-corrected chi connectivity index (χ2v) is 13.1. The van der Waals surface area contributed by atoms with E-state index in [1.807, 2.05) is 48.5 Å². The lowest BCUT2D eigenvalue weighted by atomic mass is 10.0. The van der Waals surface area contributed by atoms with Crippen LogP contribution in [0.1, 0.15) is 0 Å². The Morgan fingerprint density at radius 2 is 1.15 bits per heavy atom. The van der Waals surface area contributed by atoms with Gasteiger partial charge in [-0.15, -0.1) is 0 Å². The van der Waals surface area contributed by atoms with Crippen LogP contribution >= 0.6 is 0 Å². The number of benzene rings is 8. The molecule has 0 atom stereocenters. The molecule has 0 fully saturated rings. The molecule has 0 radical (unpaired) electrons. The summed E-state index contributed by atoms with van der Waals surface area (Å²) >= 11 is 0. The average Bonchev–Trinajstić information content (AvgIpc) is 3.92. The van der Waals surface area contributed by atoms with E-state index in [0.29, 0.717) is 5.89 Å². The van der Waals surface area contributed by atoms with Crippen molar-refractivity contribution in [2.45, 2.75) is 0 Å². The van der Waals surface area contributed by atoms with E-state index in [0.717, 1.165) is 83.0 Å². The van der Waals surface area contributed by atoms with Crippen LogP contribution in [0.3, 0.4) is 0 Å². The van der Waals surface area contributed by atoms with Gasteiger partial charge in [0.1, 0.15) is 22.3 Å². The maximum atomic E-state index is 6.82. The maximum absolute atomic E-state index is 6.82. The number of hydrogen-bond donors (Lipinski definition) is 0. The first-order valence-electron chi connectivity index (χ1n) is 17.4. The molecule has 11 rings (SSSR count). The van der Waals surface area contributed by atoms with Crippen LogP contribution in [-0.4, -0.2) is 4.98 Å². The van der Waals surface area contributed by atoms with E-state index in [-0.39, 0.29) is 0 Å². The molecule has 0 unspecified atom stereocenters. The highest BCUT2D eigenvalue weighted by Crippen LogP contribution is 2.46. The van der Waals surface area contributed by atoms with Gasteiger partial charge in [-0.1, -0.05) is 97.1 Å². The van der Waals surface area contributed by atoms with Gasteiger partial charge in [-0.3, -0.25) is 0 Å². The molecule has 0 bridgehead atoms. The minimum atomic E-state index is 0.567. The summed E-state index contributed by atoms with van der Waals surface area (Å²) in [6.45, 7) is 0. The second kappa shape index (κ2) is 11.2. The van der Waals surface area contributed by atoms with E-state index in [1.54, 1.807) is 0 Å². The van der Waals surface area contributed by atoms with E-state index in [1.165, 1.54) is 16.5 Å². The number of hydrogen-bond acceptors (Lipinski definition) is 5. The van der Waals surface area contributed by atoms with Crippen molar-refractivity contribution in [2.24, 2.45) is 0 Å². The Balaban J connectivity index is 1.16. The highest BCUT2D eigenvalue weighted by atomic mass is 16.4. The molecular formula is C47H28N2O3. The standard InChI is InChI=1S/C47H28N2O3/c1-2-10-29(11-3-1)31-21-20-30-22-23-33(27-32(30)26-31)49(34-24-25-42-38(28-34)35-12-4-6-17-41(35)50-42)40-16-8-13-36-45-37(14-9-19-44(45)51-46(36)40)47-48-39-15-5-7-18-43(39)52-47/h1-28H. The molecule has 3 aromatic heterocycles. The normalized spacial score (nSPS) is 11.8. The van der Waals surface area contributed by atoms with Crippen LogP contribution in [0.25, 0.3) is 88.3 Å². The van der Waals surface area contributed by atoms with Gasteiger partial charge < -0.3 is 18.2 Å². The Labute approximate surface area is 297 Å². The average molecular weight is 669 g/mol. The first-order chi connectivity index (χ1) is 25.7. The molecule has 0 aliphatic carbocycles. The van der Waals surface area contributed by atoms with Crippen molar-refractivity contribution in [3.05, 3.63) is 170 Å². The lowest BCUT2D eigenvalue weighted by molar-refractivity contribution is 0.620. The van der Waals surface area contributed by atoms with Crippen molar-refractivity contribution in [1.29, 1.82) is 0 Å². The third-order valence-electron chi connectivity index (χ3n) is 10.1. The molecule has 0 amide bonds. The summed E-state index contributed by atoms with van der Waals surface area (Å²) in [5.74, 6) is 0.567. The van der Waals surface area contributed by atoms with Crippen LogP contribution in [0.2, 0.25) is 0 Å². The van der Waals surface area contributed by atoms with Crippen molar-refractivity contribution >= 4 is 82.8 Å². The molecule has 244 valence electrons. The number of para-hydroxylation sites is 4. The van der Waals surface area contributed by atoms with Crippen molar-refractivity contribution in [3.63, 3.8) is 0 Å². The van der Waals surface area contributed by atoms with Crippen LogP contribution < -0.4 is 4.90 Å². The topological polar surface area (TPSA) is 55.6 Å². The number of nitrogens with zero attached hydrogens (tertiary/aromatic N) is 2. The van der Waals surface area contributed by atoms with Crippen LogP contribution in [0.4, 0.5) is 17.1 Å². The first kappa shape index (κ1) is 28.7. The highest BCUT2D eigenvalue weighted by Gasteiger charge is 2.23. The predicted octanol–water partition coefficient (Wildman–Crippen LogP) is 13.6. The molecule has 0 spiro atoms. The SMILES string of the molecule is c1ccc(-c2ccc3ccc(N(c4ccc5oc6ccccc6c5c4)c4cccc5c4oc4cccc(-c6nc7ccccc7o6)c45)cc3c2)cc1. The quantitative estimate of drug-likeness (QED) is 0.183. The predicted molar refractivity (Wildman–Crippen MR) is 212 cm³/mol. The van der Waals surface area contributed by atoms with Gasteiger partial charge in [0, 0.05) is 38.5 Å². The number of rotatable bonds is 5. The molecule has 0 N–H and O–H groups in total. The second-order valence-electron chi connectivity index (χ2n) is 13.1. The highest BCUT2D eigenvalue weighted by molar-refractivity contribution is 6.16. The van der Waals surface area contributed by atoms with E-state index >= 15 is 0 Å². The molecule has 5 heteroatoms. The van der Waals surface area contributed by atoms with Gasteiger partial charge >= 0.3 is 0 Å². The van der Waals surface area contributed by atoms with E-state index < -0.39 is 0 Å². The van der Waals surface area contributed by atoms with E-state index in [2.05, 4.69) is 126 Å². The third kappa shape index (κ3) is 4.46. The fraction of sp³-hybridized carbons (Fsp3) is 0. The van der Waals surface area contributed by atoms with Crippen molar-refractivity contribution in [1.82, 2.24) is 4.98 Å². The first-order valence-corrected chi connectivity index (χ1v) is 17.4. The molecule has 8 aromatic carbocycles. The Morgan fingerprint density at radius 3 is 2.08 bits per heavy atom. The molecule has 52 heavy (non-hydrogen) atoms. The number of furan rings is 2. The van der Waals surface area contributed by atoms with Crippen LogP contribution in [0, 0.1) is 0 Å². The Hall–Kier alpha value is -7.11. The van der Waals surface area contributed by atoms with Gasteiger partial charge in [-0.05, 0) is 94.7 Å². The number of fused-ring (bicyclic) bond motifs is 8. The van der Waals surface area contributed by atoms with Gasteiger partial charge in [0.05, 0.1) is 5.69 Å². The van der Waals surface area contributed by atoms with Crippen LogP contribution in [0.5, 0.6) is 0 Å². The fourth-order valence-corrected chi connectivity index (χ4v) is 7.64. The number of aromatic nitrogens is 1. The summed E-state index contributed by atoms with van der Waals surface area (Å²) < 4.78 is 19.3. The lowest BCUT2D eigenvalue weighted by Gasteiger charge is -2.26. The smallest absolute Gasteiger partial charge is 0.228 e. The third-order valence-corrected chi connectivity index (χ3v) is 10.1. The van der Waals surface area contributed by atoms with Crippen molar-refractivity contribution in [3.8, 4) is 22.6 Å². The molecule has 0 saturated carbocycles. The molecule has 3 heterocycles. The Morgan fingerprint density at radius 1 is 0.423 bits per heavy atom. The lowest BCUT2D eigenvalue weighted by Crippen LogP contribution is -2.10. The van der Waals surface area contributed by atoms with Crippen LogP contribution in [0.15, 0.2) is 183 Å². The summed E-state index contributed by atoms with van der Waals surface area (Å²) in [6.07, 6.45) is 0. The van der Waals surface area contributed by atoms with Crippen molar-refractivity contribution < 1.29 is 13.3 Å². The van der Waals surface area contributed by atoms with E-state index in [4.69, 9.17) is 18.2 Å². The summed E-state index contributed by atoms with van der Waals surface area (Å²) in [5.41, 5.74) is 11.0. The fourth-order valence-electron chi connectivity index (χ4n) is 7.64. The Kier molecular flexibility index (Phi) is 6.18. The summed E-state index contributed by atoms with van der Waals surface area (Å²) in [4.78, 5) is 7.14. The number of anilines is 3. The largest absolute Gasteiger partial charge is 0.456 e. The molecular weight excluding hydrogens is 641 g/mol. The maximum Gasteiger partial charge on any atom is 0.228 e. The minimum Gasteiger partial charge on any atom is -0.456 e. The zero-order valence-corrected chi connectivity index (χ0v) is 27.8. The van der Waals surface area contributed by atoms with Gasteiger partial charge in [-0.2, -0.15) is 0 Å². The molecule has 5 nitrogen and oxygen atoms in total. The van der Waals surface area contributed by atoms with Gasteiger partial charge in [0.2, 0.25) is 5.89 Å². The summed E-state index contributed by atoms with van der Waals surface area (Å²) in [6, 6.07) is 58.7. The molecule has 0 saturated heterocycles. The van der Waals surface area contributed by atoms with Gasteiger partial charge in [0.25, 0.3) is 0 Å². The van der Waals surface area contributed by atoms with E-state index in [9.17, 15) is 0 Å². The molecule has 0 aliphatic rings. The van der Waals surface area contributed by atoms with Gasteiger partial charge in [0.15, 0.2) is 11.2 Å². The summed E-state index contributed by atoms with van der Waals surface area (Å²) in [5, 5.41) is 6.40. The van der Waals surface area contributed by atoms with Crippen LogP contribution in [-0.2, 0) is 0 Å². The zero-order chi connectivity index (χ0) is 34.2. The minimum absolute atomic E-state index is 0.567. The van der Waals surface area contributed by atoms with Gasteiger partial charge in [-0.25, -0.2) is 4.98 Å².